The standard InChI is InChI=1S/C18H14F4N2O2S/c1-24-15(9-6-7-13(27)10(8-9)18(20,21)22)14(17(24)26)16(25)23-12-5-3-2-4-11(12)19/h2-8,14-15,27H,1H3,(H,23,25). The van der Waals surface area contributed by atoms with Gasteiger partial charge in [-0.2, -0.15) is 13.2 Å². The summed E-state index contributed by atoms with van der Waals surface area (Å²) < 4.78 is 53.1. The number of rotatable bonds is 3. The molecular weight excluding hydrogens is 384 g/mol. The van der Waals surface area contributed by atoms with E-state index in [9.17, 15) is 27.2 Å². The number of para-hydroxylation sites is 1. The van der Waals surface area contributed by atoms with Gasteiger partial charge in [0.15, 0.2) is 0 Å². The highest BCUT2D eigenvalue weighted by molar-refractivity contribution is 7.80. The molecule has 3 rings (SSSR count). The maximum absolute atomic E-state index is 13.7. The Morgan fingerprint density at radius 3 is 2.48 bits per heavy atom. The molecule has 0 aromatic heterocycles. The average Bonchev–Trinajstić information content (AvgIpc) is 2.60. The van der Waals surface area contributed by atoms with E-state index in [0.717, 1.165) is 12.1 Å². The molecule has 27 heavy (non-hydrogen) atoms. The fraction of sp³-hybridized carbons (Fsp3) is 0.222. The van der Waals surface area contributed by atoms with Crippen LogP contribution in [0.25, 0.3) is 0 Å². The first kappa shape index (κ1) is 19.2. The monoisotopic (exact) mass is 398 g/mol. The smallest absolute Gasteiger partial charge is 0.337 e. The third kappa shape index (κ3) is 3.51. The molecule has 0 aliphatic carbocycles. The third-order valence-corrected chi connectivity index (χ3v) is 4.82. The molecule has 4 nitrogen and oxygen atoms in total. The lowest BCUT2D eigenvalue weighted by atomic mass is 9.81. The van der Waals surface area contributed by atoms with Gasteiger partial charge in [0.2, 0.25) is 11.8 Å². The maximum Gasteiger partial charge on any atom is 0.417 e. The highest BCUT2D eigenvalue weighted by Gasteiger charge is 2.51. The second-order valence-corrected chi connectivity index (χ2v) is 6.60. The fourth-order valence-corrected chi connectivity index (χ4v) is 3.31. The van der Waals surface area contributed by atoms with Crippen LogP contribution in [0.4, 0.5) is 23.2 Å². The van der Waals surface area contributed by atoms with Crippen LogP contribution in [0.3, 0.4) is 0 Å². The van der Waals surface area contributed by atoms with Crippen molar-refractivity contribution in [3.63, 3.8) is 0 Å². The number of carbonyl (C=O) groups excluding carboxylic acids is 2. The van der Waals surface area contributed by atoms with Crippen LogP contribution in [0, 0.1) is 11.7 Å². The highest BCUT2D eigenvalue weighted by Crippen LogP contribution is 2.42. The van der Waals surface area contributed by atoms with E-state index in [1.165, 1.54) is 42.3 Å². The van der Waals surface area contributed by atoms with Crippen molar-refractivity contribution in [1.29, 1.82) is 0 Å². The van der Waals surface area contributed by atoms with Crippen LogP contribution in [0.15, 0.2) is 47.4 Å². The van der Waals surface area contributed by atoms with Gasteiger partial charge in [-0.1, -0.05) is 18.2 Å². The molecule has 1 aliphatic heterocycles. The maximum atomic E-state index is 13.7. The zero-order valence-electron chi connectivity index (χ0n) is 13.9. The van der Waals surface area contributed by atoms with Crippen LogP contribution in [0.2, 0.25) is 0 Å². The number of anilines is 1. The topological polar surface area (TPSA) is 49.4 Å². The van der Waals surface area contributed by atoms with Crippen LogP contribution >= 0.6 is 12.6 Å². The summed E-state index contributed by atoms with van der Waals surface area (Å²) in [5, 5.41) is 2.32. The number of thiol groups is 1. The Morgan fingerprint density at radius 2 is 1.85 bits per heavy atom. The zero-order valence-corrected chi connectivity index (χ0v) is 14.8. The molecule has 2 unspecified atom stereocenters. The van der Waals surface area contributed by atoms with Gasteiger partial charge in [0, 0.05) is 11.9 Å². The molecule has 2 amide bonds. The van der Waals surface area contributed by atoms with Crippen LogP contribution in [0.5, 0.6) is 0 Å². The Bertz CT molecular complexity index is 916. The van der Waals surface area contributed by atoms with Gasteiger partial charge >= 0.3 is 6.18 Å². The molecule has 0 saturated carbocycles. The van der Waals surface area contributed by atoms with E-state index >= 15 is 0 Å². The summed E-state index contributed by atoms with van der Waals surface area (Å²) in [6, 6.07) is 7.95. The summed E-state index contributed by atoms with van der Waals surface area (Å²) in [5.41, 5.74) is -0.912. The van der Waals surface area contributed by atoms with Gasteiger partial charge in [-0.25, -0.2) is 4.39 Å². The molecular formula is C18H14F4N2O2S. The Morgan fingerprint density at radius 1 is 1.19 bits per heavy atom. The van der Waals surface area contributed by atoms with Gasteiger partial charge in [-0.15, -0.1) is 12.6 Å². The molecule has 0 radical (unpaired) electrons. The van der Waals surface area contributed by atoms with Crippen LogP contribution in [-0.2, 0) is 15.8 Å². The van der Waals surface area contributed by atoms with Crippen molar-refractivity contribution in [1.82, 2.24) is 4.90 Å². The van der Waals surface area contributed by atoms with E-state index < -0.39 is 41.3 Å². The first-order chi connectivity index (χ1) is 12.6. The lowest BCUT2D eigenvalue weighted by molar-refractivity contribution is -0.158. The SMILES string of the molecule is CN1C(=O)C(C(=O)Nc2ccccc2F)C1c1ccc(S)c(C(F)(F)F)c1. The Labute approximate surface area is 157 Å². The molecule has 1 saturated heterocycles. The van der Waals surface area contributed by atoms with E-state index in [-0.39, 0.29) is 16.1 Å². The normalized spacial score (nSPS) is 19.6. The number of nitrogens with one attached hydrogen (secondary N) is 1. The number of nitrogens with zero attached hydrogens (tertiary/aromatic N) is 1. The lowest BCUT2D eigenvalue weighted by Crippen LogP contribution is -2.57. The average molecular weight is 398 g/mol. The Kier molecular flexibility index (Phi) is 4.90. The molecule has 1 heterocycles. The minimum absolute atomic E-state index is 0.106. The van der Waals surface area contributed by atoms with Crippen molar-refractivity contribution in [2.24, 2.45) is 5.92 Å². The van der Waals surface area contributed by atoms with E-state index in [1.807, 2.05) is 0 Å². The highest BCUT2D eigenvalue weighted by atomic mass is 32.1. The predicted octanol–water partition coefficient (Wildman–Crippen LogP) is 3.90. The van der Waals surface area contributed by atoms with Gasteiger partial charge < -0.3 is 10.2 Å². The van der Waals surface area contributed by atoms with E-state index in [4.69, 9.17) is 0 Å². The first-order valence-electron chi connectivity index (χ1n) is 7.83. The summed E-state index contributed by atoms with van der Waals surface area (Å²) in [5.74, 6) is -3.27. The minimum atomic E-state index is -4.62. The molecule has 9 heteroatoms. The molecule has 0 bridgehead atoms. The van der Waals surface area contributed by atoms with Crippen molar-refractivity contribution in [2.75, 3.05) is 12.4 Å². The molecule has 1 N–H and O–H groups in total. The van der Waals surface area contributed by atoms with Crippen LogP contribution in [-0.4, -0.2) is 23.8 Å². The van der Waals surface area contributed by atoms with Gasteiger partial charge in [-0.3, -0.25) is 9.59 Å². The van der Waals surface area contributed by atoms with Gasteiger partial charge in [0.1, 0.15) is 11.7 Å². The zero-order chi connectivity index (χ0) is 19.9. The minimum Gasteiger partial charge on any atom is -0.337 e. The lowest BCUT2D eigenvalue weighted by Gasteiger charge is -2.44. The molecule has 1 aliphatic rings. The molecule has 142 valence electrons. The molecule has 0 spiro atoms. The molecule has 1 fully saturated rings. The fourth-order valence-electron chi connectivity index (χ4n) is 3.04. The number of β-lactam (4-membered cyclic amide) rings is 1. The summed E-state index contributed by atoms with van der Waals surface area (Å²) in [6.07, 6.45) is -4.62. The Balaban J connectivity index is 1.90. The van der Waals surface area contributed by atoms with Crippen LogP contribution in [0.1, 0.15) is 17.2 Å². The number of hydrogen-bond acceptors (Lipinski definition) is 3. The van der Waals surface area contributed by atoms with Crippen molar-refractivity contribution in [3.05, 3.63) is 59.4 Å². The van der Waals surface area contributed by atoms with Crippen molar-refractivity contribution in [3.8, 4) is 0 Å². The third-order valence-electron chi connectivity index (χ3n) is 4.43. The molecule has 2 atom stereocenters. The second-order valence-electron chi connectivity index (χ2n) is 6.12. The van der Waals surface area contributed by atoms with Gasteiger partial charge in [0.25, 0.3) is 0 Å². The summed E-state index contributed by atoms with van der Waals surface area (Å²) >= 11 is 3.81. The Hall–Kier alpha value is -2.55. The summed E-state index contributed by atoms with van der Waals surface area (Å²) in [7, 11) is 1.39. The molecule has 2 aromatic rings. The predicted molar refractivity (Wildman–Crippen MR) is 92.7 cm³/mol. The van der Waals surface area contributed by atoms with Crippen molar-refractivity contribution in [2.45, 2.75) is 17.1 Å². The van der Waals surface area contributed by atoms with E-state index in [2.05, 4.69) is 17.9 Å². The number of hydrogen-bond donors (Lipinski definition) is 2. The molecule has 2 aromatic carbocycles. The second kappa shape index (κ2) is 6.88. The van der Waals surface area contributed by atoms with Crippen LogP contribution < -0.4 is 5.32 Å². The van der Waals surface area contributed by atoms with Gasteiger partial charge in [0.05, 0.1) is 17.3 Å². The number of likely N-dealkylation sites (tertiary alicyclic amines) is 1. The quantitative estimate of drug-likeness (QED) is 0.357. The number of benzene rings is 2. The summed E-state index contributed by atoms with van der Waals surface area (Å²) in [4.78, 5) is 25.5. The number of halogens is 4. The van der Waals surface area contributed by atoms with E-state index in [1.54, 1.807) is 0 Å². The summed E-state index contributed by atoms with van der Waals surface area (Å²) in [6.45, 7) is 0. The van der Waals surface area contributed by atoms with Crippen molar-refractivity contribution >= 4 is 30.1 Å². The largest absolute Gasteiger partial charge is 0.417 e. The van der Waals surface area contributed by atoms with Gasteiger partial charge in [-0.05, 0) is 29.8 Å². The number of carbonyl (C=O) groups is 2. The van der Waals surface area contributed by atoms with Crippen molar-refractivity contribution < 1.29 is 27.2 Å². The first-order valence-corrected chi connectivity index (χ1v) is 8.28. The number of alkyl halides is 3. The number of amides is 2. The van der Waals surface area contributed by atoms with E-state index in [0.29, 0.717) is 0 Å².